The van der Waals surface area contributed by atoms with E-state index >= 15 is 0 Å². The van der Waals surface area contributed by atoms with Gasteiger partial charge in [0.2, 0.25) is 0 Å². The second-order valence-corrected chi connectivity index (χ2v) is 17.8. The van der Waals surface area contributed by atoms with Crippen molar-refractivity contribution in [3.63, 3.8) is 0 Å². The molecule has 0 saturated carbocycles. The highest BCUT2D eigenvalue weighted by molar-refractivity contribution is 6.98. The van der Waals surface area contributed by atoms with E-state index < -0.39 is 22.2 Å². The van der Waals surface area contributed by atoms with Crippen molar-refractivity contribution in [1.82, 2.24) is 0 Å². The van der Waals surface area contributed by atoms with Crippen molar-refractivity contribution in [2.24, 2.45) is 0 Å². The third kappa shape index (κ3) is 3.62. The van der Waals surface area contributed by atoms with Gasteiger partial charge < -0.3 is 0 Å². The number of rotatable bonds is 2. The normalized spacial score (nSPS) is 16.9. The van der Waals surface area contributed by atoms with Crippen molar-refractivity contribution in [3.8, 4) is 0 Å². The highest BCUT2D eigenvalue weighted by Gasteiger charge is 2.34. The molecule has 0 nitrogen and oxygen atoms in total. The van der Waals surface area contributed by atoms with E-state index in [2.05, 4.69) is 85.2 Å². The first kappa shape index (κ1) is 17.2. The summed E-state index contributed by atoms with van der Waals surface area (Å²) < 4.78 is 4.44. The summed E-state index contributed by atoms with van der Waals surface area (Å²) in [7, 11) is 6.77. The van der Waals surface area contributed by atoms with Crippen LogP contribution in [-0.2, 0) is 0 Å². The molecular weight excluding hydrogens is 315 g/mol. The van der Waals surface area contributed by atoms with Gasteiger partial charge in [-0.15, -0.1) is 20.3 Å². The lowest BCUT2D eigenvalue weighted by Gasteiger charge is -2.32. The first-order valence-corrected chi connectivity index (χ1v) is 13.9. The zero-order chi connectivity index (χ0) is 15.9. The smallest absolute Gasteiger partial charge is 0.141 e. The summed E-state index contributed by atoms with van der Waals surface area (Å²) in [5.74, 6) is 0. The van der Waals surface area contributed by atoms with Crippen molar-refractivity contribution in [3.05, 3.63) is 49.1 Å². The molecule has 4 heteroatoms. The average Bonchev–Trinajstić information content (AvgIpc) is 2.29. The number of benzene rings is 1. The minimum absolute atomic E-state index is 0.618. The molecule has 2 rings (SSSR count). The molecule has 0 spiro atoms. The van der Waals surface area contributed by atoms with Crippen LogP contribution in [-0.4, -0.2) is 42.7 Å². The topological polar surface area (TPSA) is 0 Å². The predicted octanol–water partition coefficient (Wildman–Crippen LogP) is 3.22. The van der Waals surface area contributed by atoms with Gasteiger partial charge in [0.15, 0.2) is 0 Å². The van der Waals surface area contributed by atoms with Gasteiger partial charge in [0.1, 0.15) is 0 Å². The first-order valence-electron chi connectivity index (χ1n) is 7.55. The monoisotopic (exact) mass is 338 g/mol. The summed E-state index contributed by atoms with van der Waals surface area (Å²) in [5.41, 5.74) is 4.85. The molecular formula is C17H23AlSi3. The number of hydrogen-bond acceptors (Lipinski definition) is 0. The lowest BCUT2D eigenvalue weighted by molar-refractivity contribution is 1.25. The molecule has 1 aromatic carbocycles. The Morgan fingerprint density at radius 2 is 1.33 bits per heavy atom. The van der Waals surface area contributed by atoms with Crippen LogP contribution in [0, 0.1) is 20.8 Å². The molecule has 0 amide bonds. The SMILES string of the molecule is Cc1cc(C)[c]([Al]2[C]([Si])=CC([Si](C)(C)C)C=[C]2[Si])c(C)c1. The van der Waals surface area contributed by atoms with Crippen LogP contribution in [0.25, 0.3) is 0 Å². The quantitative estimate of drug-likeness (QED) is 0.726. The Hall–Kier alpha value is -0.117. The Kier molecular flexibility index (Phi) is 5.07. The Morgan fingerprint density at radius 1 is 0.905 bits per heavy atom. The first-order chi connectivity index (χ1) is 9.61. The van der Waals surface area contributed by atoms with Crippen molar-refractivity contribution in [1.29, 1.82) is 0 Å². The number of hydrogen-bond donors (Lipinski definition) is 0. The highest BCUT2D eigenvalue weighted by Crippen LogP contribution is 2.32. The maximum Gasteiger partial charge on any atom is 0.365 e. The lowest BCUT2D eigenvalue weighted by atomic mass is 10.1. The second-order valence-electron chi connectivity index (χ2n) is 7.38. The zero-order valence-corrected chi connectivity index (χ0v) is 18.1. The minimum Gasteiger partial charge on any atom is -0.141 e. The molecule has 1 aromatic rings. The van der Waals surface area contributed by atoms with Gasteiger partial charge in [-0.3, -0.25) is 0 Å². The standard InChI is InChI=1S/C9H11.C8H12Si3.Al/c1-7-4-8(2)6-9(3)5-7;1-11(2,3)8(4-6-9)5-7-10;/h4-5H,1-3H3;4-5,8H,1-3H3;. The Morgan fingerprint density at radius 3 is 1.71 bits per heavy atom. The molecule has 6 radical (unpaired) electrons. The van der Waals surface area contributed by atoms with Crippen LogP contribution in [0.15, 0.2) is 32.4 Å². The third-order valence-corrected chi connectivity index (χ3v) is 11.9. The lowest BCUT2D eigenvalue weighted by Crippen LogP contribution is -2.42. The van der Waals surface area contributed by atoms with Crippen LogP contribution >= 0.6 is 0 Å². The Labute approximate surface area is 142 Å². The minimum atomic E-state index is -1.31. The highest BCUT2D eigenvalue weighted by atomic mass is 28.3. The predicted molar refractivity (Wildman–Crippen MR) is 101 cm³/mol. The van der Waals surface area contributed by atoms with Gasteiger partial charge >= 0.3 is 14.1 Å². The molecule has 0 bridgehead atoms. The summed E-state index contributed by atoms with van der Waals surface area (Å²) in [4.78, 5) is 0. The van der Waals surface area contributed by atoms with Crippen molar-refractivity contribution >= 4 is 47.1 Å². The maximum absolute atomic E-state index is 3.98. The molecule has 0 N–H and O–H groups in total. The molecule has 1 heterocycles. The van der Waals surface area contributed by atoms with Crippen LogP contribution < -0.4 is 4.43 Å². The van der Waals surface area contributed by atoms with Gasteiger partial charge in [-0.05, 0) is 26.3 Å². The zero-order valence-electron chi connectivity index (χ0n) is 14.0. The molecule has 0 aliphatic carbocycles. The van der Waals surface area contributed by atoms with Crippen molar-refractivity contribution in [2.75, 3.05) is 0 Å². The Bertz CT molecular complexity index is 580. The largest absolute Gasteiger partial charge is 0.365 e. The number of allylic oxidation sites excluding steroid dienone is 2. The molecule has 21 heavy (non-hydrogen) atoms. The van der Waals surface area contributed by atoms with Crippen LogP contribution in [0.1, 0.15) is 16.7 Å². The molecule has 0 fully saturated rings. The van der Waals surface area contributed by atoms with E-state index in [9.17, 15) is 0 Å². The second kappa shape index (κ2) is 6.18. The van der Waals surface area contributed by atoms with Gasteiger partial charge in [0.25, 0.3) is 0 Å². The van der Waals surface area contributed by atoms with Gasteiger partial charge in [-0.2, -0.15) is 0 Å². The molecule has 0 atom stereocenters. The van der Waals surface area contributed by atoms with E-state index in [4.69, 9.17) is 0 Å². The van der Waals surface area contributed by atoms with Crippen LogP contribution in [0.5, 0.6) is 0 Å². The van der Waals surface area contributed by atoms with E-state index in [1.807, 2.05) is 0 Å². The van der Waals surface area contributed by atoms with Crippen LogP contribution in [0.3, 0.4) is 0 Å². The summed E-state index contributed by atoms with van der Waals surface area (Å²) in [5, 5.41) is 0. The van der Waals surface area contributed by atoms with E-state index in [1.165, 1.54) is 24.8 Å². The van der Waals surface area contributed by atoms with Crippen molar-refractivity contribution in [2.45, 2.75) is 46.0 Å². The fraction of sp³-hybridized carbons (Fsp3) is 0.412. The molecule has 0 unspecified atom stereocenters. The fourth-order valence-corrected chi connectivity index (χ4v) is 10.8. The van der Waals surface area contributed by atoms with E-state index in [-0.39, 0.29) is 0 Å². The van der Waals surface area contributed by atoms with Gasteiger partial charge in [0.05, 0.1) is 8.07 Å². The summed E-state index contributed by atoms with van der Waals surface area (Å²) in [6.45, 7) is 14.0. The third-order valence-electron chi connectivity index (χ3n) is 4.37. The van der Waals surface area contributed by atoms with E-state index in [0.717, 1.165) is 0 Å². The van der Waals surface area contributed by atoms with Gasteiger partial charge in [0, 0.05) is 20.5 Å². The van der Waals surface area contributed by atoms with Crippen LogP contribution in [0.2, 0.25) is 25.2 Å². The molecule has 0 aromatic heterocycles. The maximum atomic E-state index is 3.98. The fourth-order valence-electron chi connectivity index (χ4n) is 3.25. The van der Waals surface area contributed by atoms with Gasteiger partial charge in [-0.1, -0.05) is 52.9 Å². The summed E-state index contributed by atoms with van der Waals surface area (Å²) in [6, 6.07) is 4.64. The van der Waals surface area contributed by atoms with Crippen molar-refractivity contribution < 1.29 is 0 Å². The van der Waals surface area contributed by atoms with Crippen LogP contribution in [0.4, 0.5) is 0 Å². The average molecular weight is 339 g/mol. The van der Waals surface area contributed by atoms with Gasteiger partial charge in [-0.25, -0.2) is 0 Å². The molecule has 1 aliphatic heterocycles. The summed E-state index contributed by atoms with van der Waals surface area (Å²) >= 11 is -1.31. The Balaban J connectivity index is 2.51. The molecule has 106 valence electrons. The number of aryl methyl sites for hydroxylation is 3. The summed E-state index contributed by atoms with van der Waals surface area (Å²) in [6.07, 6.45) is 4.98. The van der Waals surface area contributed by atoms with E-state index in [1.54, 1.807) is 4.43 Å². The molecule has 1 aliphatic rings. The molecule has 0 saturated heterocycles. The van der Waals surface area contributed by atoms with E-state index in [0.29, 0.717) is 5.54 Å².